The summed E-state index contributed by atoms with van der Waals surface area (Å²) in [6.45, 7) is 9.20. The van der Waals surface area contributed by atoms with Crippen LogP contribution >= 0.6 is 0 Å². The van der Waals surface area contributed by atoms with Crippen molar-refractivity contribution in [3.63, 3.8) is 0 Å². The number of rotatable bonds is 14. The molecular weight excluding hydrogens is 540 g/mol. The van der Waals surface area contributed by atoms with Crippen LogP contribution in [0.1, 0.15) is 40.7 Å². The predicted molar refractivity (Wildman–Crippen MR) is 155 cm³/mol. The molecule has 0 radical (unpaired) electrons. The SMILES string of the molecule is C=CC(=O)OCCOc1ccc(C(=O)Oc2ccc3c(c2)C(C)c2cc(OCCCOC(=O)C(=C)CO)ccc2-3)cc1. The van der Waals surface area contributed by atoms with Gasteiger partial charge in [-0.25, -0.2) is 14.4 Å². The van der Waals surface area contributed by atoms with E-state index in [1.54, 1.807) is 30.3 Å². The van der Waals surface area contributed by atoms with Gasteiger partial charge in [0.15, 0.2) is 0 Å². The molecule has 9 heteroatoms. The van der Waals surface area contributed by atoms with Crippen LogP contribution in [-0.2, 0) is 19.1 Å². The van der Waals surface area contributed by atoms with Crippen LogP contribution in [0, 0.1) is 0 Å². The van der Waals surface area contributed by atoms with Crippen molar-refractivity contribution in [2.75, 3.05) is 33.0 Å². The van der Waals surface area contributed by atoms with Crippen LogP contribution < -0.4 is 14.2 Å². The number of hydrogen-bond donors (Lipinski definition) is 1. The van der Waals surface area contributed by atoms with Gasteiger partial charge < -0.3 is 28.8 Å². The molecule has 0 amide bonds. The van der Waals surface area contributed by atoms with Crippen LogP contribution in [0.25, 0.3) is 11.1 Å². The van der Waals surface area contributed by atoms with Gasteiger partial charge in [0.25, 0.3) is 0 Å². The van der Waals surface area contributed by atoms with E-state index in [4.69, 9.17) is 28.8 Å². The average molecular weight is 573 g/mol. The molecule has 0 saturated heterocycles. The molecule has 1 unspecified atom stereocenters. The van der Waals surface area contributed by atoms with E-state index in [0.29, 0.717) is 35.8 Å². The first-order valence-electron chi connectivity index (χ1n) is 13.4. The van der Waals surface area contributed by atoms with E-state index in [1.807, 2.05) is 30.3 Å². The minimum atomic E-state index is -0.614. The van der Waals surface area contributed by atoms with E-state index in [9.17, 15) is 14.4 Å². The maximum atomic E-state index is 12.8. The Kier molecular flexibility index (Phi) is 10.1. The maximum Gasteiger partial charge on any atom is 0.343 e. The first-order valence-corrected chi connectivity index (χ1v) is 13.4. The fourth-order valence-electron chi connectivity index (χ4n) is 4.40. The van der Waals surface area contributed by atoms with Gasteiger partial charge in [0.05, 0.1) is 31.0 Å². The lowest BCUT2D eigenvalue weighted by Crippen LogP contribution is -2.12. The third kappa shape index (κ3) is 7.44. The number of esters is 3. The number of ether oxygens (including phenoxy) is 5. The standard InChI is InChI=1S/C33H32O9/c1-4-31(35)40-17-16-39-24-8-6-23(7-9-24)33(37)42-26-11-13-28-27-12-10-25(18-29(27)22(3)30(28)19-26)38-14-5-15-41-32(36)21(2)20-34/h4,6-13,18-19,22,34H,1-2,5,14-17,20H2,3H3. The number of benzene rings is 3. The topological polar surface area (TPSA) is 118 Å². The zero-order chi connectivity index (χ0) is 30.1. The van der Waals surface area contributed by atoms with Crippen molar-refractivity contribution in [2.45, 2.75) is 19.3 Å². The molecule has 0 aliphatic heterocycles. The highest BCUT2D eigenvalue weighted by Crippen LogP contribution is 2.47. The minimum Gasteiger partial charge on any atom is -0.493 e. The molecule has 1 aliphatic carbocycles. The third-order valence-corrected chi connectivity index (χ3v) is 6.60. The zero-order valence-corrected chi connectivity index (χ0v) is 23.3. The Bertz CT molecular complexity index is 1470. The van der Waals surface area contributed by atoms with Gasteiger partial charge >= 0.3 is 17.9 Å². The molecule has 1 aliphatic rings. The van der Waals surface area contributed by atoms with Crippen molar-refractivity contribution in [1.82, 2.24) is 0 Å². The molecule has 0 spiro atoms. The second kappa shape index (κ2) is 14.1. The summed E-state index contributed by atoms with van der Waals surface area (Å²) in [6.07, 6.45) is 1.58. The lowest BCUT2D eigenvalue weighted by molar-refractivity contribution is -0.140. The van der Waals surface area contributed by atoms with Crippen LogP contribution in [0.3, 0.4) is 0 Å². The van der Waals surface area contributed by atoms with Gasteiger partial charge in [-0.2, -0.15) is 0 Å². The van der Waals surface area contributed by atoms with Gasteiger partial charge in [-0.05, 0) is 70.8 Å². The van der Waals surface area contributed by atoms with Crippen molar-refractivity contribution >= 4 is 17.9 Å². The number of carbonyl (C=O) groups is 3. The van der Waals surface area contributed by atoms with Gasteiger partial charge in [-0.15, -0.1) is 0 Å². The molecule has 9 nitrogen and oxygen atoms in total. The summed E-state index contributed by atoms with van der Waals surface area (Å²) in [5.41, 5.74) is 4.70. The van der Waals surface area contributed by atoms with Crippen LogP contribution in [0.4, 0.5) is 0 Å². The molecule has 0 fully saturated rings. The van der Waals surface area contributed by atoms with Crippen molar-refractivity contribution < 1.29 is 43.2 Å². The zero-order valence-electron chi connectivity index (χ0n) is 23.3. The van der Waals surface area contributed by atoms with Crippen LogP contribution in [0.2, 0.25) is 0 Å². The number of fused-ring (bicyclic) bond motifs is 3. The van der Waals surface area contributed by atoms with Gasteiger partial charge in [-0.3, -0.25) is 0 Å². The number of aliphatic hydroxyl groups excluding tert-OH is 1. The second-order valence-corrected chi connectivity index (χ2v) is 9.45. The summed E-state index contributed by atoms with van der Waals surface area (Å²) in [5, 5.41) is 8.91. The van der Waals surface area contributed by atoms with Gasteiger partial charge in [-0.1, -0.05) is 32.2 Å². The van der Waals surface area contributed by atoms with Crippen LogP contribution in [-0.4, -0.2) is 56.0 Å². The fraction of sp³-hybridized carbons (Fsp3) is 0.242. The van der Waals surface area contributed by atoms with Crippen LogP contribution in [0.15, 0.2) is 85.5 Å². The molecule has 4 rings (SSSR count). The summed E-state index contributed by atoms with van der Waals surface area (Å²) >= 11 is 0. The predicted octanol–water partition coefficient (Wildman–Crippen LogP) is 5.01. The van der Waals surface area contributed by atoms with Crippen molar-refractivity contribution in [3.05, 3.63) is 102 Å². The molecule has 0 saturated carbocycles. The smallest absolute Gasteiger partial charge is 0.343 e. The molecular formula is C33H32O9. The lowest BCUT2D eigenvalue weighted by Gasteiger charge is -2.11. The molecule has 1 N–H and O–H groups in total. The summed E-state index contributed by atoms with van der Waals surface area (Å²) in [5.74, 6) is 0.112. The Labute approximate surface area is 243 Å². The largest absolute Gasteiger partial charge is 0.493 e. The second-order valence-electron chi connectivity index (χ2n) is 9.45. The normalized spacial score (nSPS) is 12.9. The summed E-state index contributed by atoms with van der Waals surface area (Å²) in [6, 6.07) is 18.0. The van der Waals surface area contributed by atoms with Crippen molar-refractivity contribution in [1.29, 1.82) is 0 Å². The van der Waals surface area contributed by atoms with Gasteiger partial charge in [0.2, 0.25) is 0 Å². The highest BCUT2D eigenvalue weighted by molar-refractivity contribution is 5.91. The Morgan fingerprint density at radius 1 is 0.810 bits per heavy atom. The third-order valence-electron chi connectivity index (χ3n) is 6.60. The quantitative estimate of drug-likeness (QED) is 0.123. The molecule has 0 heterocycles. The minimum absolute atomic E-state index is 0.0174. The molecule has 3 aromatic carbocycles. The molecule has 0 bridgehead atoms. The number of carbonyl (C=O) groups excluding carboxylic acids is 3. The van der Waals surface area contributed by atoms with E-state index in [0.717, 1.165) is 28.3 Å². The molecule has 1 atom stereocenters. The number of aliphatic hydroxyl groups is 1. The van der Waals surface area contributed by atoms with Crippen molar-refractivity contribution in [3.8, 4) is 28.4 Å². The van der Waals surface area contributed by atoms with E-state index in [1.165, 1.54) is 0 Å². The maximum absolute atomic E-state index is 12.8. The van der Waals surface area contributed by atoms with E-state index >= 15 is 0 Å². The summed E-state index contributed by atoms with van der Waals surface area (Å²) < 4.78 is 26.9. The lowest BCUT2D eigenvalue weighted by atomic mass is 9.99. The van der Waals surface area contributed by atoms with E-state index in [2.05, 4.69) is 20.1 Å². The Morgan fingerprint density at radius 3 is 2.10 bits per heavy atom. The van der Waals surface area contributed by atoms with E-state index in [-0.39, 0.29) is 31.3 Å². The molecule has 0 aromatic heterocycles. The summed E-state index contributed by atoms with van der Waals surface area (Å²) in [7, 11) is 0. The monoisotopic (exact) mass is 572 g/mol. The first kappa shape index (κ1) is 30.1. The molecule has 3 aromatic rings. The Balaban J connectivity index is 1.30. The summed E-state index contributed by atoms with van der Waals surface area (Å²) in [4.78, 5) is 35.4. The van der Waals surface area contributed by atoms with Gasteiger partial charge in [0.1, 0.15) is 30.5 Å². The molecule has 42 heavy (non-hydrogen) atoms. The van der Waals surface area contributed by atoms with Gasteiger partial charge in [0, 0.05) is 18.4 Å². The fourth-order valence-corrected chi connectivity index (χ4v) is 4.40. The molecule has 218 valence electrons. The highest BCUT2D eigenvalue weighted by atomic mass is 16.6. The Morgan fingerprint density at radius 2 is 1.43 bits per heavy atom. The van der Waals surface area contributed by atoms with Crippen LogP contribution in [0.5, 0.6) is 17.2 Å². The average Bonchev–Trinajstić information content (AvgIpc) is 3.28. The first-order chi connectivity index (χ1) is 20.3. The number of hydrogen-bond acceptors (Lipinski definition) is 9. The van der Waals surface area contributed by atoms with Crippen molar-refractivity contribution in [2.24, 2.45) is 0 Å². The van der Waals surface area contributed by atoms with E-state index < -0.39 is 24.5 Å². The Hall–Kier alpha value is -4.89. The highest BCUT2D eigenvalue weighted by Gasteiger charge is 2.27.